The summed E-state index contributed by atoms with van der Waals surface area (Å²) in [6, 6.07) is 1.15. The van der Waals surface area contributed by atoms with Gasteiger partial charge in [-0.1, -0.05) is 15.9 Å². The average Bonchev–Trinajstić information content (AvgIpc) is 2.16. The first kappa shape index (κ1) is 11.7. The van der Waals surface area contributed by atoms with Crippen LogP contribution in [-0.2, 0) is 5.33 Å². The first-order valence-corrected chi connectivity index (χ1v) is 5.50. The van der Waals surface area contributed by atoms with E-state index in [9.17, 15) is 13.6 Å². The number of alkyl halides is 3. The standard InChI is InChI=1S/C8H5Br2F2NO/c9-2-7-4(3-14)5(10)1-6(13-7)8(11)12/h1,3,8H,2H2. The average molecular weight is 329 g/mol. The van der Waals surface area contributed by atoms with Gasteiger partial charge in [-0.2, -0.15) is 0 Å². The van der Waals surface area contributed by atoms with Crippen molar-refractivity contribution in [3.05, 3.63) is 27.5 Å². The minimum atomic E-state index is -2.63. The molecule has 1 heterocycles. The van der Waals surface area contributed by atoms with Crippen molar-refractivity contribution in [1.29, 1.82) is 0 Å². The Morgan fingerprint density at radius 3 is 2.64 bits per heavy atom. The summed E-state index contributed by atoms with van der Waals surface area (Å²) in [5, 5.41) is 0.264. The first-order chi connectivity index (χ1) is 6.60. The summed E-state index contributed by atoms with van der Waals surface area (Å²) in [5.41, 5.74) is 0.271. The van der Waals surface area contributed by atoms with Gasteiger partial charge in [-0.15, -0.1) is 0 Å². The minimum Gasteiger partial charge on any atom is -0.298 e. The summed E-state index contributed by atoms with van der Waals surface area (Å²) >= 11 is 6.12. The van der Waals surface area contributed by atoms with Crippen molar-refractivity contribution in [1.82, 2.24) is 4.98 Å². The van der Waals surface area contributed by atoms with Crippen LogP contribution in [0.2, 0.25) is 0 Å². The van der Waals surface area contributed by atoms with Crippen LogP contribution in [0.3, 0.4) is 0 Å². The van der Waals surface area contributed by atoms with Gasteiger partial charge in [0.15, 0.2) is 6.29 Å². The summed E-state index contributed by atoms with van der Waals surface area (Å²) in [4.78, 5) is 14.3. The summed E-state index contributed by atoms with van der Waals surface area (Å²) in [6.07, 6.45) is -2.05. The maximum absolute atomic E-state index is 12.3. The van der Waals surface area contributed by atoms with E-state index in [4.69, 9.17) is 0 Å². The summed E-state index contributed by atoms with van der Waals surface area (Å²) in [7, 11) is 0. The Labute approximate surface area is 96.0 Å². The van der Waals surface area contributed by atoms with E-state index in [2.05, 4.69) is 36.8 Å². The molecule has 1 aromatic heterocycles. The van der Waals surface area contributed by atoms with Crippen molar-refractivity contribution in [3.8, 4) is 0 Å². The number of nitrogens with zero attached hydrogens (tertiary/aromatic N) is 1. The zero-order chi connectivity index (χ0) is 10.7. The smallest absolute Gasteiger partial charge is 0.280 e. The van der Waals surface area contributed by atoms with Gasteiger partial charge in [-0.05, 0) is 22.0 Å². The van der Waals surface area contributed by atoms with E-state index < -0.39 is 6.43 Å². The fourth-order valence-corrected chi connectivity index (χ4v) is 1.92. The second-order valence-corrected chi connectivity index (χ2v) is 3.86. The number of hydrogen-bond donors (Lipinski definition) is 0. The van der Waals surface area contributed by atoms with Crippen LogP contribution in [0.15, 0.2) is 10.5 Å². The molecule has 0 aromatic carbocycles. The normalized spacial score (nSPS) is 10.6. The molecule has 0 N–H and O–H groups in total. The predicted octanol–water partition coefficient (Wildman–Crippen LogP) is 3.49. The van der Waals surface area contributed by atoms with Gasteiger partial charge in [-0.3, -0.25) is 9.78 Å². The molecular weight excluding hydrogens is 324 g/mol. The van der Waals surface area contributed by atoms with E-state index in [0.717, 1.165) is 6.07 Å². The number of carbonyl (C=O) groups excluding carboxylic acids is 1. The predicted molar refractivity (Wildman–Crippen MR) is 54.9 cm³/mol. The Balaban J connectivity index is 3.31. The number of aromatic nitrogens is 1. The number of halogens is 4. The molecule has 14 heavy (non-hydrogen) atoms. The van der Waals surface area contributed by atoms with E-state index in [1.807, 2.05) is 0 Å². The van der Waals surface area contributed by atoms with Crippen LogP contribution in [0.4, 0.5) is 8.78 Å². The first-order valence-electron chi connectivity index (χ1n) is 3.58. The van der Waals surface area contributed by atoms with Crippen LogP contribution in [-0.4, -0.2) is 11.3 Å². The highest BCUT2D eigenvalue weighted by molar-refractivity contribution is 9.10. The Hall–Kier alpha value is -0.360. The van der Waals surface area contributed by atoms with Crippen molar-refractivity contribution in [3.63, 3.8) is 0 Å². The highest BCUT2D eigenvalue weighted by Crippen LogP contribution is 2.25. The van der Waals surface area contributed by atoms with Crippen LogP contribution in [0.25, 0.3) is 0 Å². The van der Waals surface area contributed by atoms with Gasteiger partial charge in [0, 0.05) is 9.80 Å². The lowest BCUT2D eigenvalue weighted by molar-refractivity contribution is 0.112. The number of pyridine rings is 1. The second kappa shape index (κ2) is 4.93. The molecule has 0 fully saturated rings. The topological polar surface area (TPSA) is 30.0 Å². The van der Waals surface area contributed by atoms with Crippen LogP contribution in [0, 0.1) is 0 Å². The molecule has 0 saturated heterocycles. The number of rotatable bonds is 3. The van der Waals surface area contributed by atoms with Crippen LogP contribution in [0.1, 0.15) is 28.2 Å². The number of aldehydes is 1. The van der Waals surface area contributed by atoms with Gasteiger partial charge < -0.3 is 0 Å². The molecule has 6 heteroatoms. The number of hydrogen-bond acceptors (Lipinski definition) is 2. The van der Waals surface area contributed by atoms with Gasteiger partial charge in [0.05, 0.1) is 11.3 Å². The molecule has 0 bridgehead atoms. The summed E-state index contributed by atoms with van der Waals surface area (Å²) in [5.74, 6) is 0. The lowest BCUT2D eigenvalue weighted by atomic mass is 10.2. The van der Waals surface area contributed by atoms with E-state index in [-0.39, 0.29) is 11.0 Å². The molecular formula is C8H5Br2F2NO. The zero-order valence-electron chi connectivity index (χ0n) is 6.81. The molecule has 0 amide bonds. The highest BCUT2D eigenvalue weighted by Gasteiger charge is 2.15. The maximum atomic E-state index is 12.3. The van der Waals surface area contributed by atoms with E-state index in [1.54, 1.807) is 0 Å². The van der Waals surface area contributed by atoms with Crippen molar-refractivity contribution in [2.75, 3.05) is 0 Å². The Bertz CT molecular complexity index is 357. The molecule has 76 valence electrons. The maximum Gasteiger partial charge on any atom is 0.280 e. The van der Waals surface area contributed by atoms with Crippen LogP contribution >= 0.6 is 31.9 Å². The second-order valence-electron chi connectivity index (χ2n) is 2.44. The molecule has 2 nitrogen and oxygen atoms in total. The van der Waals surface area contributed by atoms with Crippen LogP contribution < -0.4 is 0 Å². The SMILES string of the molecule is O=Cc1c(Br)cc(C(F)F)nc1CBr. The van der Waals surface area contributed by atoms with Gasteiger partial charge >= 0.3 is 0 Å². The monoisotopic (exact) mass is 327 g/mol. The Morgan fingerprint density at radius 1 is 1.57 bits per heavy atom. The van der Waals surface area contributed by atoms with E-state index in [0.29, 0.717) is 22.0 Å². The van der Waals surface area contributed by atoms with Gasteiger partial charge in [0.25, 0.3) is 6.43 Å². The number of carbonyl (C=O) groups is 1. The summed E-state index contributed by atoms with van der Waals surface area (Å²) in [6.45, 7) is 0. The van der Waals surface area contributed by atoms with E-state index in [1.165, 1.54) is 0 Å². The largest absolute Gasteiger partial charge is 0.298 e. The molecule has 0 unspecified atom stereocenters. The lowest BCUT2D eigenvalue weighted by Crippen LogP contribution is -2.00. The molecule has 0 saturated carbocycles. The third kappa shape index (κ3) is 2.36. The fourth-order valence-electron chi connectivity index (χ4n) is 0.932. The highest BCUT2D eigenvalue weighted by atomic mass is 79.9. The van der Waals surface area contributed by atoms with Crippen molar-refractivity contribution >= 4 is 38.1 Å². The molecule has 0 radical (unpaired) electrons. The molecule has 0 aliphatic carbocycles. The molecule has 0 aliphatic rings. The third-order valence-electron chi connectivity index (χ3n) is 1.57. The van der Waals surface area contributed by atoms with Gasteiger partial charge in [0.2, 0.25) is 0 Å². The van der Waals surface area contributed by atoms with E-state index >= 15 is 0 Å². The third-order valence-corrected chi connectivity index (χ3v) is 2.76. The quantitative estimate of drug-likeness (QED) is 0.628. The molecule has 0 aliphatic heterocycles. The molecule has 1 rings (SSSR count). The molecule has 0 atom stereocenters. The van der Waals surface area contributed by atoms with Gasteiger partial charge in [0.1, 0.15) is 5.69 Å². The molecule has 1 aromatic rings. The fraction of sp³-hybridized carbons (Fsp3) is 0.250. The van der Waals surface area contributed by atoms with Crippen LogP contribution in [0.5, 0.6) is 0 Å². The Morgan fingerprint density at radius 2 is 2.21 bits per heavy atom. The zero-order valence-corrected chi connectivity index (χ0v) is 9.98. The lowest BCUT2D eigenvalue weighted by Gasteiger charge is -2.06. The van der Waals surface area contributed by atoms with Crippen molar-refractivity contribution < 1.29 is 13.6 Å². The van der Waals surface area contributed by atoms with Gasteiger partial charge in [-0.25, -0.2) is 8.78 Å². The summed E-state index contributed by atoms with van der Waals surface area (Å²) < 4.78 is 25.0. The van der Waals surface area contributed by atoms with Crippen molar-refractivity contribution in [2.24, 2.45) is 0 Å². The minimum absolute atomic E-state index is 0.264. The molecule has 0 spiro atoms. The Kier molecular flexibility index (Phi) is 4.12. The van der Waals surface area contributed by atoms with Crippen molar-refractivity contribution in [2.45, 2.75) is 11.8 Å².